The van der Waals surface area contributed by atoms with Crippen LogP contribution in [-0.2, 0) is 15.0 Å². The van der Waals surface area contributed by atoms with Gasteiger partial charge < -0.3 is 15.7 Å². The third kappa shape index (κ3) is 4.45. The van der Waals surface area contributed by atoms with Gasteiger partial charge in [0, 0.05) is 6.54 Å². The monoisotopic (exact) mass is 360 g/mol. The fourth-order valence-electron chi connectivity index (χ4n) is 2.27. The van der Waals surface area contributed by atoms with Crippen LogP contribution < -0.4 is 10.6 Å². The lowest BCUT2D eigenvalue weighted by Gasteiger charge is -2.26. The van der Waals surface area contributed by atoms with Gasteiger partial charge in [-0.15, -0.1) is 11.3 Å². The van der Waals surface area contributed by atoms with E-state index in [0.717, 1.165) is 0 Å². The van der Waals surface area contributed by atoms with Crippen molar-refractivity contribution in [1.82, 2.24) is 10.6 Å². The summed E-state index contributed by atoms with van der Waals surface area (Å²) in [5, 5.41) is 16.6. The predicted molar refractivity (Wildman–Crippen MR) is 95.7 cm³/mol. The molecule has 2 atom stereocenters. The van der Waals surface area contributed by atoms with Gasteiger partial charge in [0.15, 0.2) is 0 Å². The van der Waals surface area contributed by atoms with Gasteiger partial charge in [-0.1, -0.05) is 36.4 Å². The molecule has 2 unspecified atom stereocenters. The molecule has 0 saturated heterocycles. The molecule has 25 heavy (non-hydrogen) atoms. The van der Waals surface area contributed by atoms with Crippen LogP contribution in [0.3, 0.4) is 0 Å². The minimum Gasteiger partial charge on any atom is -0.481 e. The van der Waals surface area contributed by atoms with Gasteiger partial charge in [-0.3, -0.25) is 14.4 Å². The van der Waals surface area contributed by atoms with Crippen LogP contribution in [0.25, 0.3) is 0 Å². The maximum absolute atomic E-state index is 12.2. The molecular formula is C18H20N2O4S. The van der Waals surface area contributed by atoms with E-state index in [0.29, 0.717) is 10.4 Å². The highest BCUT2D eigenvalue weighted by atomic mass is 32.1. The Balaban J connectivity index is 1.99. The van der Waals surface area contributed by atoms with Gasteiger partial charge in [-0.2, -0.15) is 0 Å². The highest BCUT2D eigenvalue weighted by Crippen LogP contribution is 2.23. The van der Waals surface area contributed by atoms with Gasteiger partial charge in [-0.25, -0.2) is 0 Å². The molecule has 0 saturated carbocycles. The van der Waals surface area contributed by atoms with Gasteiger partial charge in [0.25, 0.3) is 5.91 Å². The van der Waals surface area contributed by atoms with Crippen molar-refractivity contribution in [2.24, 2.45) is 0 Å². The van der Waals surface area contributed by atoms with Crippen molar-refractivity contribution >= 4 is 29.1 Å². The van der Waals surface area contributed by atoms with E-state index in [9.17, 15) is 19.5 Å². The zero-order valence-electron chi connectivity index (χ0n) is 14.0. The number of benzene rings is 1. The number of carboxylic acid groups (broad SMARTS) is 1. The number of rotatable bonds is 7. The van der Waals surface area contributed by atoms with Crippen molar-refractivity contribution in [2.45, 2.75) is 25.3 Å². The molecule has 3 N–H and O–H groups in total. The molecule has 1 aromatic carbocycles. The van der Waals surface area contributed by atoms with E-state index in [-0.39, 0.29) is 12.5 Å². The fraction of sp³-hybridized carbons (Fsp3) is 0.278. The Labute approximate surface area is 149 Å². The first-order chi connectivity index (χ1) is 11.8. The topological polar surface area (TPSA) is 95.5 Å². The molecular weight excluding hydrogens is 340 g/mol. The second-order valence-electron chi connectivity index (χ2n) is 5.89. The van der Waals surface area contributed by atoms with E-state index < -0.39 is 23.3 Å². The lowest BCUT2D eigenvalue weighted by atomic mass is 9.82. The number of amides is 2. The Morgan fingerprint density at radius 1 is 1.16 bits per heavy atom. The van der Waals surface area contributed by atoms with E-state index in [1.165, 1.54) is 11.3 Å². The fourth-order valence-corrected chi connectivity index (χ4v) is 2.89. The number of carboxylic acids is 1. The zero-order chi connectivity index (χ0) is 18.4. The molecule has 0 aliphatic heterocycles. The van der Waals surface area contributed by atoms with Gasteiger partial charge >= 0.3 is 5.97 Å². The summed E-state index contributed by atoms with van der Waals surface area (Å²) in [6.07, 6.45) is 0. The number of hydrogen-bond acceptors (Lipinski definition) is 4. The van der Waals surface area contributed by atoms with Crippen molar-refractivity contribution in [2.75, 3.05) is 6.54 Å². The number of aliphatic carboxylic acids is 1. The maximum Gasteiger partial charge on any atom is 0.315 e. The molecule has 2 rings (SSSR count). The summed E-state index contributed by atoms with van der Waals surface area (Å²) >= 11 is 1.28. The van der Waals surface area contributed by atoms with E-state index in [2.05, 4.69) is 10.6 Å². The molecule has 2 amide bonds. The van der Waals surface area contributed by atoms with Gasteiger partial charge in [0.1, 0.15) is 11.5 Å². The SMILES string of the molecule is CC(NC(=O)c1cccs1)C(=O)NCC(C)(C(=O)O)c1ccccc1. The Kier molecular flexibility index (Phi) is 5.93. The Hall–Kier alpha value is -2.67. The third-order valence-corrected chi connectivity index (χ3v) is 4.85. The van der Waals surface area contributed by atoms with E-state index in [4.69, 9.17) is 0 Å². The summed E-state index contributed by atoms with van der Waals surface area (Å²) in [6, 6.07) is 11.4. The van der Waals surface area contributed by atoms with Crippen LogP contribution in [0, 0.1) is 0 Å². The van der Waals surface area contributed by atoms with Crippen LogP contribution >= 0.6 is 11.3 Å². The second-order valence-corrected chi connectivity index (χ2v) is 6.84. The molecule has 1 aromatic heterocycles. The van der Waals surface area contributed by atoms with Crippen molar-refractivity contribution in [3.63, 3.8) is 0 Å². The van der Waals surface area contributed by atoms with Crippen LogP contribution in [0.1, 0.15) is 29.1 Å². The average molecular weight is 360 g/mol. The molecule has 0 aliphatic carbocycles. The summed E-state index contributed by atoms with van der Waals surface area (Å²) in [4.78, 5) is 36.4. The molecule has 0 radical (unpaired) electrons. The smallest absolute Gasteiger partial charge is 0.315 e. The minimum atomic E-state index is -1.26. The molecule has 132 valence electrons. The van der Waals surface area contributed by atoms with Gasteiger partial charge in [0.05, 0.1) is 4.88 Å². The normalized spacial score (nSPS) is 14.2. The molecule has 0 bridgehead atoms. The highest BCUT2D eigenvalue weighted by molar-refractivity contribution is 7.12. The molecule has 6 nitrogen and oxygen atoms in total. The van der Waals surface area contributed by atoms with E-state index in [1.54, 1.807) is 61.7 Å². The minimum absolute atomic E-state index is 0.0790. The second kappa shape index (κ2) is 7.94. The molecule has 0 aliphatic rings. The van der Waals surface area contributed by atoms with Crippen molar-refractivity contribution in [3.05, 3.63) is 58.3 Å². The van der Waals surface area contributed by atoms with Crippen LogP contribution in [-0.4, -0.2) is 35.5 Å². The van der Waals surface area contributed by atoms with Gasteiger partial charge in [-0.05, 0) is 30.9 Å². The summed E-state index contributed by atoms with van der Waals surface area (Å²) in [6.45, 7) is 3.03. The third-order valence-electron chi connectivity index (χ3n) is 3.98. The molecule has 1 heterocycles. The van der Waals surface area contributed by atoms with Crippen LogP contribution in [0.4, 0.5) is 0 Å². The zero-order valence-corrected chi connectivity index (χ0v) is 14.8. The number of carbonyl (C=O) groups excluding carboxylic acids is 2. The summed E-state index contributed by atoms with van der Waals surface area (Å²) in [5.74, 6) is -1.80. The Bertz CT molecular complexity index is 746. The maximum atomic E-state index is 12.2. The van der Waals surface area contributed by atoms with E-state index >= 15 is 0 Å². The largest absolute Gasteiger partial charge is 0.481 e. The first-order valence-electron chi connectivity index (χ1n) is 7.75. The number of thiophene rings is 1. The van der Waals surface area contributed by atoms with Crippen molar-refractivity contribution in [3.8, 4) is 0 Å². The molecule has 2 aromatic rings. The lowest BCUT2D eigenvalue weighted by Crippen LogP contribution is -2.50. The van der Waals surface area contributed by atoms with Crippen molar-refractivity contribution < 1.29 is 19.5 Å². The lowest BCUT2D eigenvalue weighted by molar-refractivity contribution is -0.143. The number of carbonyl (C=O) groups is 3. The van der Waals surface area contributed by atoms with Crippen LogP contribution in [0.15, 0.2) is 47.8 Å². The summed E-state index contributed by atoms with van der Waals surface area (Å²) in [5.41, 5.74) is -0.660. The highest BCUT2D eigenvalue weighted by Gasteiger charge is 2.36. The average Bonchev–Trinajstić information content (AvgIpc) is 3.14. The summed E-state index contributed by atoms with van der Waals surface area (Å²) in [7, 11) is 0. The Morgan fingerprint density at radius 2 is 1.84 bits per heavy atom. The summed E-state index contributed by atoms with van der Waals surface area (Å²) < 4.78 is 0. The quantitative estimate of drug-likeness (QED) is 0.704. The predicted octanol–water partition coefficient (Wildman–Crippen LogP) is 2.03. The van der Waals surface area contributed by atoms with Crippen LogP contribution in [0.5, 0.6) is 0 Å². The Morgan fingerprint density at radius 3 is 2.40 bits per heavy atom. The molecule has 0 spiro atoms. The first-order valence-corrected chi connectivity index (χ1v) is 8.63. The number of nitrogens with one attached hydrogen (secondary N) is 2. The van der Waals surface area contributed by atoms with E-state index in [1.807, 2.05) is 0 Å². The number of hydrogen-bond donors (Lipinski definition) is 3. The van der Waals surface area contributed by atoms with Gasteiger partial charge in [0.2, 0.25) is 5.91 Å². The standard InChI is InChI=1S/C18H20N2O4S/c1-12(20-16(22)14-9-6-10-25-14)15(21)19-11-18(2,17(23)24)13-7-4-3-5-8-13/h3-10,12H,11H2,1-2H3,(H,19,21)(H,20,22)(H,23,24). The molecule has 0 fully saturated rings. The molecule has 7 heteroatoms. The van der Waals surface area contributed by atoms with Crippen LogP contribution in [0.2, 0.25) is 0 Å². The van der Waals surface area contributed by atoms with Crippen molar-refractivity contribution in [1.29, 1.82) is 0 Å². The first kappa shape index (κ1) is 18.7.